The van der Waals surface area contributed by atoms with E-state index in [4.69, 9.17) is 5.73 Å². The first kappa shape index (κ1) is 9.20. The van der Waals surface area contributed by atoms with Crippen molar-refractivity contribution in [2.75, 3.05) is 11.1 Å². The Morgan fingerprint density at radius 2 is 2.43 bits per heavy atom. The predicted molar refractivity (Wildman–Crippen MR) is 56.4 cm³/mol. The molecule has 7 heteroatoms. The molecule has 0 amide bonds. The molecular formula is C7H8BrN5O. The van der Waals surface area contributed by atoms with Crippen molar-refractivity contribution < 1.29 is 0 Å². The van der Waals surface area contributed by atoms with Gasteiger partial charge in [0.15, 0.2) is 11.2 Å². The molecule has 6 nitrogen and oxygen atoms in total. The Hall–Kier alpha value is -1.37. The monoisotopic (exact) mass is 257 g/mol. The van der Waals surface area contributed by atoms with Crippen LogP contribution in [0.15, 0.2) is 11.1 Å². The molecule has 0 radical (unpaired) electrons. The summed E-state index contributed by atoms with van der Waals surface area (Å²) in [6.45, 7) is 0.701. The number of aromatic amines is 1. The van der Waals surface area contributed by atoms with E-state index in [0.717, 1.165) is 5.33 Å². The normalized spacial score (nSPS) is 10.9. The molecule has 3 N–H and O–H groups in total. The topological polar surface area (TPSA) is 89.6 Å². The van der Waals surface area contributed by atoms with Crippen LogP contribution in [0.3, 0.4) is 0 Å². The Kier molecular flexibility index (Phi) is 2.24. The Morgan fingerprint density at radius 3 is 3.14 bits per heavy atom. The summed E-state index contributed by atoms with van der Waals surface area (Å²) in [5.74, 6) is 0.110. The van der Waals surface area contributed by atoms with Crippen molar-refractivity contribution in [1.29, 1.82) is 0 Å². The Balaban J connectivity index is 2.72. The second kappa shape index (κ2) is 3.41. The highest BCUT2D eigenvalue weighted by atomic mass is 79.9. The van der Waals surface area contributed by atoms with Gasteiger partial charge < -0.3 is 10.3 Å². The number of nitrogens with one attached hydrogen (secondary N) is 1. The lowest BCUT2D eigenvalue weighted by atomic mass is 10.5. The largest absolute Gasteiger partial charge is 0.369 e. The van der Waals surface area contributed by atoms with Crippen LogP contribution in [0, 0.1) is 0 Å². The zero-order valence-electron chi connectivity index (χ0n) is 7.20. The van der Waals surface area contributed by atoms with Gasteiger partial charge in [-0.05, 0) is 0 Å². The lowest BCUT2D eigenvalue weighted by Crippen LogP contribution is -2.12. The van der Waals surface area contributed by atoms with Crippen LogP contribution in [0.2, 0.25) is 0 Å². The third kappa shape index (κ3) is 1.39. The smallest absolute Gasteiger partial charge is 0.280 e. The van der Waals surface area contributed by atoms with Crippen molar-refractivity contribution in [2.45, 2.75) is 6.54 Å². The number of aryl methyl sites for hydroxylation is 1. The van der Waals surface area contributed by atoms with Gasteiger partial charge in [-0.2, -0.15) is 4.98 Å². The summed E-state index contributed by atoms with van der Waals surface area (Å²) in [4.78, 5) is 21.7. The van der Waals surface area contributed by atoms with Gasteiger partial charge in [-0.15, -0.1) is 0 Å². The van der Waals surface area contributed by atoms with Gasteiger partial charge in [0, 0.05) is 11.9 Å². The van der Waals surface area contributed by atoms with Gasteiger partial charge in [0.2, 0.25) is 5.95 Å². The average molecular weight is 258 g/mol. The molecule has 0 aromatic carbocycles. The van der Waals surface area contributed by atoms with E-state index in [2.05, 4.69) is 30.9 Å². The van der Waals surface area contributed by atoms with E-state index < -0.39 is 0 Å². The van der Waals surface area contributed by atoms with Crippen molar-refractivity contribution in [3.8, 4) is 0 Å². The summed E-state index contributed by atoms with van der Waals surface area (Å²) in [5, 5.41) is 0.771. The fourth-order valence-corrected chi connectivity index (χ4v) is 1.61. The van der Waals surface area contributed by atoms with Crippen LogP contribution in [0.1, 0.15) is 0 Å². The molecule has 0 spiro atoms. The second-order valence-corrected chi connectivity index (χ2v) is 3.54. The van der Waals surface area contributed by atoms with Crippen LogP contribution in [-0.2, 0) is 6.54 Å². The number of H-pyrrole nitrogens is 1. The summed E-state index contributed by atoms with van der Waals surface area (Å²) in [6.07, 6.45) is 1.58. The van der Waals surface area contributed by atoms with E-state index in [1.54, 1.807) is 10.9 Å². The maximum Gasteiger partial charge on any atom is 0.280 e. The van der Waals surface area contributed by atoms with Crippen molar-refractivity contribution in [2.24, 2.45) is 0 Å². The molecule has 14 heavy (non-hydrogen) atoms. The third-order valence-electron chi connectivity index (χ3n) is 1.82. The van der Waals surface area contributed by atoms with Crippen LogP contribution >= 0.6 is 15.9 Å². The highest BCUT2D eigenvalue weighted by Crippen LogP contribution is 2.06. The molecule has 2 rings (SSSR count). The third-order valence-corrected chi connectivity index (χ3v) is 2.17. The van der Waals surface area contributed by atoms with Crippen LogP contribution < -0.4 is 11.3 Å². The van der Waals surface area contributed by atoms with Crippen LogP contribution in [0.4, 0.5) is 5.95 Å². The Labute approximate surface area is 87.3 Å². The molecule has 2 aromatic rings. The van der Waals surface area contributed by atoms with Gasteiger partial charge >= 0.3 is 0 Å². The van der Waals surface area contributed by atoms with Crippen molar-refractivity contribution >= 4 is 33.0 Å². The summed E-state index contributed by atoms with van der Waals surface area (Å²) in [5.41, 5.74) is 5.96. The van der Waals surface area contributed by atoms with E-state index in [1.165, 1.54) is 0 Å². The van der Waals surface area contributed by atoms with Gasteiger partial charge in [0.25, 0.3) is 5.56 Å². The highest BCUT2D eigenvalue weighted by molar-refractivity contribution is 9.09. The van der Waals surface area contributed by atoms with Crippen LogP contribution in [0.5, 0.6) is 0 Å². The number of aromatic nitrogens is 4. The molecule has 2 aromatic heterocycles. The van der Waals surface area contributed by atoms with E-state index in [9.17, 15) is 4.79 Å². The van der Waals surface area contributed by atoms with Gasteiger partial charge in [-0.25, -0.2) is 4.98 Å². The van der Waals surface area contributed by atoms with Gasteiger partial charge in [0.1, 0.15) is 0 Å². The van der Waals surface area contributed by atoms with Gasteiger partial charge in [-0.1, -0.05) is 15.9 Å². The molecule has 2 heterocycles. The van der Waals surface area contributed by atoms with E-state index >= 15 is 0 Å². The number of nitrogen functional groups attached to an aromatic ring is 1. The minimum absolute atomic E-state index is 0.110. The first-order valence-corrected chi connectivity index (χ1v) is 5.11. The molecule has 74 valence electrons. The first-order chi connectivity index (χ1) is 6.72. The molecule has 0 unspecified atom stereocenters. The molecular weight excluding hydrogens is 250 g/mol. The van der Waals surface area contributed by atoms with E-state index in [1.807, 2.05) is 0 Å². The van der Waals surface area contributed by atoms with Gasteiger partial charge in [0.05, 0.1) is 6.33 Å². The zero-order valence-corrected chi connectivity index (χ0v) is 8.78. The summed E-state index contributed by atoms with van der Waals surface area (Å²) >= 11 is 3.30. The number of nitrogens with zero attached hydrogens (tertiary/aromatic N) is 3. The number of anilines is 1. The number of hydrogen-bond acceptors (Lipinski definition) is 4. The second-order valence-electron chi connectivity index (χ2n) is 2.75. The number of fused-ring (bicyclic) bond motifs is 1. The molecule has 0 saturated carbocycles. The number of imidazole rings is 1. The Bertz CT molecular complexity index is 516. The minimum atomic E-state index is -0.305. The quantitative estimate of drug-likeness (QED) is 0.747. The molecule has 0 saturated heterocycles. The number of rotatable bonds is 2. The van der Waals surface area contributed by atoms with E-state index in [-0.39, 0.29) is 11.5 Å². The minimum Gasteiger partial charge on any atom is -0.369 e. The number of hydrogen-bond donors (Lipinski definition) is 2. The highest BCUT2D eigenvalue weighted by Gasteiger charge is 2.07. The molecule has 0 aliphatic rings. The first-order valence-electron chi connectivity index (χ1n) is 3.99. The fraction of sp³-hybridized carbons (Fsp3) is 0.286. The summed E-state index contributed by atoms with van der Waals surface area (Å²) in [7, 11) is 0. The molecule has 0 aliphatic carbocycles. The SMILES string of the molecule is Nc1nc2c(ncn2CCBr)c(=O)[nH]1. The van der Waals surface area contributed by atoms with Gasteiger partial charge in [-0.3, -0.25) is 9.78 Å². The molecule has 0 aliphatic heterocycles. The fourth-order valence-electron chi connectivity index (χ4n) is 1.23. The summed E-state index contributed by atoms with van der Waals surface area (Å²) in [6, 6.07) is 0. The average Bonchev–Trinajstić information content (AvgIpc) is 2.49. The maximum absolute atomic E-state index is 11.4. The van der Waals surface area contributed by atoms with Crippen molar-refractivity contribution in [3.63, 3.8) is 0 Å². The lowest BCUT2D eigenvalue weighted by Gasteiger charge is -1.99. The van der Waals surface area contributed by atoms with Crippen molar-refractivity contribution in [3.05, 3.63) is 16.7 Å². The Morgan fingerprint density at radius 1 is 1.64 bits per heavy atom. The van der Waals surface area contributed by atoms with E-state index in [0.29, 0.717) is 17.7 Å². The predicted octanol–water partition coefficient (Wildman–Crippen LogP) is 0.0967. The zero-order chi connectivity index (χ0) is 10.1. The molecule has 0 atom stereocenters. The van der Waals surface area contributed by atoms with Crippen LogP contribution in [0.25, 0.3) is 11.2 Å². The number of alkyl halides is 1. The maximum atomic E-state index is 11.4. The number of nitrogens with two attached hydrogens (primary N) is 1. The standard InChI is InChI=1S/C7H8BrN5O/c8-1-2-13-3-10-4-5(13)11-7(9)12-6(4)14/h3H,1-2H2,(H3,9,11,12,14). The molecule has 0 fully saturated rings. The molecule has 0 bridgehead atoms. The van der Waals surface area contributed by atoms with Crippen LogP contribution in [-0.4, -0.2) is 24.8 Å². The summed E-state index contributed by atoms with van der Waals surface area (Å²) < 4.78 is 1.77. The van der Waals surface area contributed by atoms with Crippen molar-refractivity contribution in [1.82, 2.24) is 19.5 Å². The number of halogens is 1. The lowest BCUT2D eigenvalue weighted by molar-refractivity contribution is 0.791.